The second-order valence-electron chi connectivity index (χ2n) is 4.77. The topological polar surface area (TPSA) is 24.9 Å². The van der Waals surface area contributed by atoms with Gasteiger partial charge in [-0.1, -0.05) is 20.8 Å². The van der Waals surface area contributed by atoms with E-state index in [0.717, 1.165) is 12.5 Å². The summed E-state index contributed by atoms with van der Waals surface area (Å²) in [5.74, 6) is 0.731. The van der Waals surface area contributed by atoms with Crippen molar-refractivity contribution in [3.8, 4) is 0 Å². The zero-order valence-electron chi connectivity index (χ0n) is 8.37. The Hall–Kier alpha value is -0.410. The second-order valence-corrected chi connectivity index (χ2v) is 5.49. The molecule has 1 saturated heterocycles. The van der Waals surface area contributed by atoms with Gasteiger partial charge in [-0.05, 0) is 11.3 Å². The average molecular weight is 196 g/mol. The number of nitrogens with zero attached hydrogens (tertiary/aromatic N) is 1. The van der Waals surface area contributed by atoms with Crippen LogP contribution in [0.4, 0.5) is 0 Å². The molecule has 0 radical (unpaired) electrons. The molecule has 1 aliphatic rings. The van der Waals surface area contributed by atoms with E-state index >= 15 is 0 Å². The fourth-order valence-corrected chi connectivity index (χ4v) is 2.44. The van der Waals surface area contributed by atoms with E-state index in [2.05, 4.69) is 36.5 Å². The fraction of sp³-hybridized carbons (Fsp3) is 0.700. The van der Waals surface area contributed by atoms with E-state index in [9.17, 15) is 0 Å². The first-order valence-corrected chi connectivity index (χ1v) is 5.65. The molecule has 72 valence electrons. The molecular weight excluding hydrogens is 180 g/mol. The maximum atomic E-state index is 4.36. The lowest BCUT2D eigenvalue weighted by Crippen LogP contribution is -2.51. The zero-order valence-corrected chi connectivity index (χ0v) is 9.19. The highest BCUT2D eigenvalue weighted by molar-refractivity contribution is 7.07. The summed E-state index contributed by atoms with van der Waals surface area (Å²) < 4.78 is 0. The predicted molar refractivity (Wildman–Crippen MR) is 55.8 cm³/mol. The van der Waals surface area contributed by atoms with Gasteiger partial charge in [0.2, 0.25) is 0 Å². The van der Waals surface area contributed by atoms with Gasteiger partial charge in [0.15, 0.2) is 0 Å². The molecule has 0 saturated carbocycles. The van der Waals surface area contributed by atoms with E-state index in [-0.39, 0.29) is 0 Å². The van der Waals surface area contributed by atoms with Crippen LogP contribution in [0.5, 0.6) is 0 Å². The quantitative estimate of drug-likeness (QED) is 0.746. The third kappa shape index (κ3) is 1.63. The van der Waals surface area contributed by atoms with E-state index in [1.165, 1.54) is 5.69 Å². The smallest absolute Gasteiger partial charge is 0.0795 e. The molecule has 0 bridgehead atoms. The highest BCUT2D eigenvalue weighted by Crippen LogP contribution is 2.41. The molecule has 0 aromatic carbocycles. The van der Waals surface area contributed by atoms with Gasteiger partial charge in [0.1, 0.15) is 0 Å². The Bertz CT molecular complexity index is 274. The van der Waals surface area contributed by atoms with Crippen molar-refractivity contribution in [3.05, 3.63) is 16.6 Å². The van der Waals surface area contributed by atoms with Crippen molar-refractivity contribution in [3.63, 3.8) is 0 Å². The van der Waals surface area contributed by atoms with Gasteiger partial charge in [-0.15, -0.1) is 11.3 Å². The van der Waals surface area contributed by atoms with Crippen molar-refractivity contribution in [1.29, 1.82) is 0 Å². The first-order chi connectivity index (χ1) is 6.09. The Morgan fingerprint density at radius 2 is 2.31 bits per heavy atom. The number of aromatic nitrogens is 1. The minimum Gasteiger partial charge on any atom is -0.308 e. The first kappa shape index (κ1) is 9.16. The number of rotatable bonds is 1. The Morgan fingerprint density at radius 1 is 1.54 bits per heavy atom. The lowest BCUT2D eigenvalue weighted by Gasteiger charge is -2.45. The van der Waals surface area contributed by atoms with Crippen LogP contribution in [0.25, 0.3) is 0 Å². The summed E-state index contributed by atoms with van der Waals surface area (Å²) in [7, 11) is 0. The number of thiazole rings is 1. The van der Waals surface area contributed by atoms with Crippen LogP contribution >= 0.6 is 11.3 Å². The molecule has 1 N–H and O–H groups in total. The minimum absolute atomic E-state index is 0.388. The zero-order chi connectivity index (χ0) is 9.47. The van der Waals surface area contributed by atoms with Crippen molar-refractivity contribution >= 4 is 11.3 Å². The van der Waals surface area contributed by atoms with Gasteiger partial charge >= 0.3 is 0 Å². The summed E-state index contributed by atoms with van der Waals surface area (Å²) in [6.07, 6.45) is 0. The third-order valence-corrected chi connectivity index (χ3v) is 3.45. The Morgan fingerprint density at radius 3 is 2.69 bits per heavy atom. The van der Waals surface area contributed by atoms with E-state index in [1.54, 1.807) is 11.3 Å². The van der Waals surface area contributed by atoms with Gasteiger partial charge in [-0.25, -0.2) is 4.98 Å². The molecular formula is C10H16N2S. The molecule has 0 aliphatic carbocycles. The molecule has 0 amide bonds. The molecule has 3 heteroatoms. The largest absolute Gasteiger partial charge is 0.308 e. The molecule has 1 aromatic heterocycles. The SMILES string of the molecule is CC(C)(C)C1CNC1c1cscn1. The first-order valence-electron chi connectivity index (χ1n) is 4.70. The molecule has 1 aromatic rings. The molecule has 0 spiro atoms. The maximum absolute atomic E-state index is 4.36. The molecule has 1 aliphatic heterocycles. The fourth-order valence-electron chi connectivity index (χ4n) is 1.85. The van der Waals surface area contributed by atoms with Gasteiger partial charge in [0.25, 0.3) is 0 Å². The highest BCUT2D eigenvalue weighted by Gasteiger charge is 2.40. The van der Waals surface area contributed by atoms with Crippen molar-refractivity contribution in [2.45, 2.75) is 26.8 Å². The molecule has 1 fully saturated rings. The van der Waals surface area contributed by atoms with Crippen LogP contribution in [0.2, 0.25) is 0 Å². The Balaban J connectivity index is 2.12. The normalized spacial score (nSPS) is 28.5. The van der Waals surface area contributed by atoms with E-state index < -0.39 is 0 Å². The lowest BCUT2D eigenvalue weighted by atomic mass is 9.71. The molecule has 2 unspecified atom stereocenters. The van der Waals surface area contributed by atoms with E-state index in [1.807, 2.05) is 5.51 Å². The van der Waals surface area contributed by atoms with Gasteiger partial charge in [0, 0.05) is 11.9 Å². The third-order valence-electron chi connectivity index (χ3n) is 2.84. The van der Waals surface area contributed by atoms with Crippen molar-refractivity contribution in [2.24, 2.45) is 11.3 Å². The van der Waals surface area contributed by atoms with Crippen molar-refractivity contribution in [1.82, 2.24) is 10.3 Å². The standard InChI is InChI=1S/C10H16N2S/c1-10(2,3)7-4-11-9(7)8-5-13-6-12-8/h5-7,9,11H,4H2,1-3H3. The Kier molecular flexibility index (Phi) is 2.16. The number of nitrogens with one attached hydrogen (secondary N) is 1. The van der Waals surface area contributed by atoms with Crippen LogP contribution in [-0.2, 0) is 0 Å². The van der Waals surface area contributed by atoms with E-state index in [0.29, 0.717) is 11.5 Å². The van der Waals surface area contributed by atoms with Crippen LogP contribution < -0.4 is 5.32 Å². The van der Waals surface area contributed by atoms with Gasteiger partial charge in [0.05, 0.1) is 17.2 Å². The summed E-state index contributed by atoms with van der Waals surface area (Å²) in [6, 6.07) is 0.492. The Labute approximate surface area is 83.4 Å². The summed E-state index contributed by atoms with van der Waals surface area (Å²) in [5.41, 5.74) is 3.52. The van der Waals surface area contributed by atoms with Crippen LogP contribution in [0, 0.1) is 11.3 Å². The summed E-state index contributed by atoms with van der Waals surface area (Å²) in [5, 5.41) is 5.60. The van der Waals surface area contributed by atoms with E-state index in [4.69, 9.17) is 0 Å². The summed E-state index contributed by atoms with van der Waals surface area (Å²) in [4.78, 5) is 4.36. The molecule has 2 atom stereocenters. The van der Waals surface area contributed by atoms with Crippen LogP contribution in [0.1, 0.15) is 32.5 Å². The summed E-state index contributed by atoms with van der Waals surface area (Å²) in [6.45, 7) is 8.04. The number of hydrogen-bond donors (Lipinski definition) is 1. The van der Waals surface area contributed by atoms with Gasteiger partial charge < -0.3 is 5.32 Å². The molecule has 2 heterocycles. The predicted octanol–water partition coefficient (Wildman–Crippen LogP) is 2.45. The van der Waals surface area contributed by atoms with Crippen LogP contribution in [0.3, 0.4) is 0 Å². The van der Waals surface area contributed by atoms with Crippen molar-refractivity contribution in [2.75, 3.05) is 6.54 Å². The minimum atomic E-state index is 0.388. The monoisotopic (exact) mass is 196 g/mol. The average Bonchev–Trinajstić information content (AvgIpc) is 2.32. The summed E-state index contributed by atoms with van der Waals surface area (Å²) >= 11 is 1.68. The maximum Gasteiger partial charge on any atom is 0.0795 e. The number of hydrogen-bond acceptors (Lipinski definition) is 3. The van der Waals surface area contributed by atoms with Gasteiger partial charge in [-0.3, -0.25) is 0 Å². The lowest BCUT2D eigenvalue weighted by molar-refractivity contribution is 0.0966. The molecule has 2 nitrogen and oxygen atoms in total. The second kappa shape index (κ2) is 3.07. The molecule has 2 rings (SSSR count). The van der Waals surface area contributed by atoms with Crippen molar-refractivity contribution < 1.29 is 0 Å². The van der Waals surface area contributed by atoms with Crippen LogP contribution in [0.15, 0.2) is 10.9 Å². The highest BCUT2D eigenvalue weighted by atomic mass is 32.1. The van der Waals surface area contributed by atoms with Crippen LogP contribution in [-0.4, -0.2) is 11.5 Å². The molecule has 13 heavy (non-hydrogen) atoms. The van der Waals surface area contributed by atoms with Gasteiger partial charge in [-0.2, -0.15) is 0 Å².